The van der Waals surface area contributed by atoms with E-state index in [0.29, 0.717) is 23.9 Å². The molecule has 0 saturated carbocycles. The number of fused-ring (bicyclic) bond motifs is 1. The van der Waals surface area contributed by atoms with Gasteiger partial charge in [0, 0.05) is 9.92 Å². The van der Waals surface area contributed by atoms with Crippen molar-refractivity contribution in [1.29, 1.82) is 0 Å². The Balaban J connectivity index is 1.48. The Morgan fingerprint density at radius 1 is 1.25 bits per heavy atom. The van der Waals surface area contributed by atoms with Crippen LogP contribution in [0, 0.1) is 0 Å². The Morgan fingerprint density at radius 3 is 2.71 bits per heavy atom. The first kappa shape index (κ1) is 17.0. The number of halogens is 1. The first-order valence-corrected chi connectivity index (χ1v) is 8.96. The lowest BCUT2D eigenvalue weighted by Crippen LogP contribution is -2.42. The first-order chi connectivity index (χ1) is 11.6. The van der Waals surface area contributed by atoms with Gasteiger partial charge in [-0.1, -0.05) is 23.7 Å². The molecule has 0 unspecified atom stereocenters. The number of nitrogens with one attached hydrogen (secondary N) is 1. The lowest BCUT2D eigenvalue weighted by molar-refractivity contribution is -0.120. The van der Waals surface area contributed by atoms with Crippen molar-refractivity contribution < 1.29 is 14.3 Å². The molecule has 126 valence electrons. The van der Waals surface area contributed by atoms with E-state index >= 15 is 0 Å². The molecular weight excluding hydrogens is 346 g/mol. The molecule has 4 nitrogen and oxygen atoms in total. The van der Waals surface area contributed by atoms with Crippen molar-refractivity contribution in [3.63, 3.8) is 0 Å². The molecule has 24 heavy (non-hydrogen) atoms. The molecule has 0 aromatic heterocycles. The van der Waals surface area contributed by atoms with Crippen LogP contribution in [-0.2, 0) is 4.79 Å². The van der Waals surface area contributed by atoms with Gasteiger partial charge in [0.1, 0.15) is 12.7 Å². The van der Waals surface area contributed by atoms with Crippen LogP contribution in [0.1, 0.15) is 6.92 Å². The normalized spacial score (nSPS) is 17.2. The van der Waals surface area contributed by atoms with Gasteiger partial charge in [0.05, 0.1) is 11.8 Å². The van der Waals surface area contributed by atoms with E-state index in [2.05, 4.69) is 5.32 Å². The Bertz CT molecular complexity index is 708. The van der Waals surface area contributed by atoms with Crippen molar-refractivity contribution in [2.24, 2.45) is 0 Å². The number of amides is 1. The van der Waals surface area contributed by atoms with Gasteiger partial charge in [-0.05, 0) is 43.3 Å². The summed E-state index contributed by atoms with van der Waals surface area (Å²) in [6.07, 6.45) is -0.184. The highest BCUT2D eigenvalue weighted by atomic mass is 35.5. The van der Waals surface area contributed by atoms with E-state index in [4.69, 9.17) is 21.1 Å². The van der Waals surface area contributed by atoms with Gasteiger partial charge in [-0.2, -0.15) is 0 Å². The highest BCUT2D eigenvalue weighted by Gasteiger charge is 2.22. The first-order valence-electron chi connectivity index (χ1n) is 7.70. The Morgan fingerprint density at radius 2 is 1.96 bits per heavy atom. The Labute approximate surface area is 150 Å². The summed E-state index contributed by atoms with van der Waals surface area (Å²) < 4.78 is 11.5. The third kappa shape index (κ3) is 4.36. The molecule has 6 heteroatoms. The van der Waals surface area contributed by atoms with Crippen molar-refractivity contribution in [1.82, 2.24) is 5.32 Å². The van der Waals surface area contributed by atoms with Crippen LogP contribution < -0.4 is 14.8 Å². The maximum Gasteiger partial charge on any atom is 0.233 e. The predicted molar refractivity (Wildman–Crippen MR) is 96.1 cm³/mol. The molecule has 0 spiro atoms. The van der Waals surface area contributed by atoms with Crippen LogP contribution >= 0.6 is 23.4 Å². The van der Waals surface area contributed by atoms with Gasteiger partial charge in [-0.3, -0.25) is 4.79 Å². The van der Waals surface area contributed by atoms with E-state index in [0.717, 1.165) is 10.6 Å². The van der Waals surface area contributed by atoms with Crippen LogP contribution in [0.15, 0.2) is 53.4 Å². The summed E-state index contributed by atoms with van der Waals surface area (Å²) in [4.78, 5) is 13.3. The zero-order valence-electron chi connectivity index (χ0n) is 13.2. The summed E-state index contributed by atoms with van der Waals surface area (Å²) in [6, 6.07) is 15.0. The number of hydrogen-bond acceptors (Lipinski definition) is 4. The number of carbonyl (C=O) groups is 1. The van der Waals surface area contributed by atoms with E-state index in [-0.39, 0.29) is 17.3 Å². The minimum absolute atomic E-state index is 0.0302. The molecule has 1 amide bonds. The molecule has 2 atom stereocenters. The summed E-state index contributed by atoms with van der Waals surface area (Å²) in [5.41, 5.74) is 0. The van der Waals surface area contributed by atoms with Crippen LogP contribution in [0.25, 0.3) is 0 Å². The molecule has 0 bridgehead atoms. The van der Waals surface area contributed by atoms with Gasteiger partial charge >= 0.3 is 0 Å². The largest absolute Gasteiger partial charge is 0.486 e. The minimum Gasteiger partial charge on any atom is -0.486 e. The van der Waals surface area contributed by atoms with Crippen molar-refractivity contribution in [2.45, 2.75) is 23.2 Å². The topological polar surface area (TPSA) is 47.6 Å². The van der Waals surface area contributed by atoms with Crippen LogP contribution in [0.2, 0.25) is 5.02 Å². The number of hydrogen-bond donors (Lipinski definition) is 1. The van der Waals surface area contributed by atoms with E-state index in [1.807, 2.05) is 55.5 Å². The average Bonchev–Trinajstić information content (AvgIpc) is 2.61. The molecule has 2 aromatic rings. The zero-order valence-corrected chi connectivity index (χ0v) is 14.8. The molecule has 1 aliphatic rings. The molecule has 1 aliphatic heterocycles. The van der Waals surface area contributed by atoms with Gasteiger partial charge in [0.25, 0.3) is 0 Å². The number of ether oxygens (including phenoxy) is 2. The fourth-order valence-electron chi connectivity index (χ4n) is 2.29. The standard InChI is InChI=1S/C18H18ClNO3S/c1-12(24-15-8-6-13(19)7-9-15)18(21)20-10-14-11-22-16-4-2-3-5-17(16)23-14/h2-9,12,14H,10-11H2,1H3,(H,20,21)/t12-,14-/m0/s1. The SMILES string of the molecule is C[C@H](Sc1ccc(Cl)cc1)C(=O)NC[C@H]1COc2ccccc2O1. The minimum atomic E-state index is -0.206. The van der Waals surface area contributed by atoms with Crippen LogP contribution in [0.4, 0.5) is 0 Å². The molecular formula is C18H18ClNO3S. The highest BCUT2D eigenvalue weighted by Crippen LogP contribution is 2.30. The van der Waals surface area contributed by atoms with Crippen molar-refractivity contribution in [3.8, 4) is 11.5 Å². The maximum absolute atomic E-state index is 12.2. The predicted octanol–water partition coefficient (Wildman–Crippen LogP) is 3.78. The fraction of sp³-hybridized carbons (Fsp3) is 0.278. The lowest BCUT2D eigenvalue weighted by atomic mass is 10.2. The quantitative estimate of drug-likeness (QED) is 0.821. The summed E-state index contributed by atoms with van der Waals surface area (Å²) in [5.74, 6) is 1.43. The van der Waals surface area contributed by atoms with Gasteiger partial charge in [0.15, 0.2) is 11.5 Å². The lowest BCUT2D eigenvalue weighted by Gasteiger charge is -2.26. The second-order valence-electron chi connectivity index (χ2n) is 5.46. The summed E-state index contributed by atoms with van der Waals surface area (Å²) in [5, 5.41) is 3.40. The molecule has 3 rings (SSSR count). The van der Waals surface area contributed by atoms with Gasteiger partial charge < -0.3 is 14.8 Å². The zero-order chi connectivity index (χ0) is 16.9. The van der Waals surface area contributed by atoms with E-state index in [1.165, 1.54) is 11.8 Å². The monoisotopic (exact) mass is 363 g/mol. The van der Waals surface area contributed by atoms with Crippen LogP contribution in [0.5, 0.6) is 11.5 Å². The average molecular weight is 364 g/mol. The van der Waals surface area contributed by atoms with E-state index in [1.54, 1.807) is 0 Å². The maximum atomic E-state index is 12.2. The Kier molecular flexibility index (Phi) is 5.53. The van der Waals surface area contributed by atoms with Crippen molar-refractivity contribution in [2.75, 3.05) is 13.2 Å². The van der Waals surface area contributed by atoms with Gasteiger partial charge in [-0.25, -0.2) is 0 Å². The highest BCUT2D eigenvalue weighted by molar-refractivity contribution is 8.00. The Hall–Kier alpha value is -1.85. The van der Waals surface area contributed by atoms with Gasteiger partial charge in [0.2, 0.25) is 5.91 Å². The summed E-state index contributed by atoms with van der Waals surface area (Å²) in [6.45, 7) is 2.72. The van der Waals surface area contributed by atoms with Crippen LogP contribution in [0.3, 0.4) is 0 Å². The smallest absolute Gasteiger partial charge is 0.233 e. The van der Waals surface area contributed by atoms with Crippen molar-refractivity contribution in [3.05, 3.63) is 53.6 Å². The summed E-state index contributed by atoms with van der Waals surface area (Å²) >= 11 is 7.36. The van der Waals surface area contributed by atoms with Crippen molar-refractivity contribution >= 4 is 29.3 Å². The molecule has 0 fully saturated rings. The van der Waals surface area contributed by atoms with Crippen LogP contribution in [-0.4, -0.2) is 30.4 Å². The molecule has 0 aliphatic carbocycles. The van der Waals surface area contributed by atoms with E-state index < -0.39 is 0 Å². The van der Waals surface area contributed by atoms with E-state index in [9.17, 15) is 4.79 Å². The molecule has 2 aromatic carbocycles. The molecule has 0 saturated heterocycles. The third-order valence-electron chi connectivity index (χ3n) is 3.57. The number of rotatable bonds is 5. The number of carbonyl (C=O) groups excluding carboxylic acids is 1. The second-order valence-corrected chi connectivity index (χ2v) is 7.31. The number of benzene rings is 2. The molecule has 1 N–H and O–H groups in total. The van der Waals surface area contributed by atoms with Gasteiger partial charge in [-0.15, -0.1) is 11.8 Å². The molecule has 1 heterocycles. The number of para-hydroxylation sites is 2. The summed E-state index contributed by atoms with van der Waals surface area (Å²) in [7, 11) is 0. The second kappa shape index (κ2) is 7.81. The third-order valence-corrected chi connectivity index (χ3v) is 4.93. The molecule has 0 radical (unpaired) electrons. The number of thioether (sulfide) groups is 1. The fourth-order valence-corrected chi connectivity index (χ4v) is 3.31.